The molecular formula is C75H140O17P2. The summed E-state index contributed by atoms with van der Waals surface area (Å²) in [5.41, 5.74) is 0. The first-order chi connectivity index (χ1) is 45.7. The number of esters is 4. The predicted molar refractivity (Wildman–Crippen MR) is 381 cm³/mol. The molecule has 0 heterocycles. The van der Waals surface area contributed by atoms with E-state index in [0.29, 0.717) is 25.7 Å². The van der Waals surface area contributed by atoms with Crippen molar-refractivity contribution in [1.82, 2.24) is 0 Å². The minimum atomic E-state index is -4.96. The molecule has 19 heteroatoms. The summed E-state index contributed by atoms with van der Waals surface area (Å²) in [7, 11) is -9.93. The average molecular weight is 1380 g/mol. The largest absolute Gasteiger partial charge is 0.472 e. The van der Waals surface area contributed by atoms with Crippen LogP contribution in [0.5, 0.6) is 0 Å². The first-order valence-electron chi connectivity index (χ1n) is 38.2. The standard InChI is InChI=1S/C75H140O17P2/c1-5-9-13-17-21-25-29-33-34-38-40-44-48-52-56-60-73(78)86-66-71(92-75(80)62-58-54-50-46-42-37-32-28-24-20-16-12-8-4)68-90-94(83,84)88-64-69(76)63-87-93(81,82)89-67-70(91-74(79)61-57-53-49-45-41-36-31-27-23-19-15-11-7-3)65-85-72(77)59-55-51-47-43-39-35-30-26-22-18-14-10-6-2/h26-28,30-32,69-71,76H,5-25,29,33-68H2,1-4H3,(H,81,82)(H,83,84)/b30-26-,31-27-,32-28-/t69-,70-,71-/m1/s1. The Morgan fingerprint density at radius 3 is 0.745 bits per heavy atom. The van der Waals surface area contributed by atoms with Crippen LogP contribution in [-0.4, -0.2) is 96.7 Å². The van der Waals surface area contributed by atoms with E-state index < -0.39 is 97.5 Å². The summed E-state index contributed by atoms with van der Waals surface area (Å²) in [5, 5.41) is 10.6. The fraction of sp³-hybridized carbons (Fsp3) is 0.867. The molecule has 0 saturated heterocycles. The van der Waals surface area contributed by atoms with Gasteiger partial charge in [0, 0.05) is 25.7 Å². The van der Waals surface area contributed by atoms with E-state index in [1.165, 1.54) is 148 Å². The molecule has 0 aromatic carbocycles. The van der Waals surface area contributed by atoms with Gasteiger partial charge < -0.3 is 33.8 Å². The van der Waals surface area contributed by atoms with Gasteiger partial charge in [0.25, 0.3) is 0 Å². The summed E-state index contributed by atoms with van der Waals surface area (Å²) in [4.78, 5) is 72.7. The fourth-order valence-electron chi connectivity index (χ4n) is 10.7. The second-order valence-corrected chi connectivity index (χ2v) is 28.9. The third-order valence-corrected chi connectivity index (χ3v) is 18.5. The van der Waals surface area contributed by atoms with Crippen molar-refractivity contribution in [2.24, 2.45) is 0 Å². The first-order valence-corrected chi connectivity index (χ1v) is 41.2. The van der Waals surface area contributed by atoms with Gasteiger partial charge in [-0.15, -0.1) is 0 Å². The topological polar surface area (TPSA) is 237 Å². The van der Waals surface area contributed by atoms with Crippen molar-refractivity contribution in [2.75, 3.05) is 39.6 Å². The quantitative estimate of drug-likeness (QED) is 0.0169. The van der Waals surface area contributed by atoms with Gasteiger partial charge in [0.1, 0.15) is 19.3 Å². The van der Waals surface area contributed by atoms with Crippen molar-refractivity contribution in [3.63, 3.8) is 0 Å². The van der Waals surface area contributed by atoms with Crippen LogP contribution in [0.3, 0.4) is 0 Å². The highest BCUT2D eigenvalue weighted by molar-refractivity contribution is 7.47. The van der Waals surface area contributed by atoms with Gasteiger partial charge in [-0.05, 0) is 103 Å². The molecule has 0 rings (SSSR count). The lowest BCUT2D eigenvalue weighted by Gasteiger charge is -2.21. The Balaban J connectivity index is 5.30. The van der Waals surface area contributed by atoms with Crippen LogP contribution in [0.25, 0.3) is 0 Å². The molecule has 0 bridgehead atoms. The van der Waals surface area contributed by atoms with Crippen molar-refractivity contribution in [3.8, 4) is 0 Å². The lowest BCUT2D eigenvalue weighted by Crippen LogP contribution is -2.30. The maximum atomic E-state index is 13.1. The molecule has 0 fully saturated rings. The number of phosphoric acid groups is 2. The molecule has 0 saturated carbocycles. The minimum absolute atomic E-state index is 0.0890. The summed E-state index contributed by atoms with van der Waals surface area (Å²) in [5.74, 6) is -2.17. The number of unbranched alkanes of at least 4 members (excludes halogenated alkanes) is 41. The van der Waals surface area contributed by atoms with Crippen molar-refractivity contribution in [3.05, 3.63) is 36.5 Å². The Morgan fingerprint density at radius 2 is 0.489 bits per heavy atom. The summed E-state index contributed by atoms with van der Waals surface area (Å²) >= 11 is 0. The second-order valence-electron chi connectivity index (χ2n) is 25.9. The van der Waals surface area contributed by atoms with Crippen LogP contribution >= 0.6 is 15.6 Å². The predicted octanol–water partition coefficient (Wildman–Crippen LogP) is 21.6. The molecule has 94 heavy (non-hydrogen) atoms. The van der Waals surface area contributed by atoms with Crippen LogP contribution in [0.2, 0.25) is 0 Å². The zero-order chi connectivity index (χ0) is 69.0. The van der Waals surface area contributed by atoms with Crippen molar-refractivity contribution in [2.45, 2.75) is 380 Å². The monoisotopic (exact) mass is 1370 g/mol. The highest BCUT2D eigenvalue weighted by Crippen LogP contribution is 2.45. The van der Waals surface area contributed by atoms with Gasteiger partial charge in [-0.2, -0.15) is 0 Å². The molecular weight excluding hydrogens is 1230 g/mol. The van der Waals surface area contributed by atoms with Crippen LogP contribution in [-0.2, 0) is 65.4 Å². The summed E-state index contributed by atoms with van der Waals surface area (Å²) in [6.07, 6.45) is 62.7. The maximum Gasteiger partial charge on any atom is 0.472 e. The summed E-state index contributed by atoms with van der Waals surface area (Å²) in [6.45, 7) is 4.87. The normalized spacial score (nSPS) is 14.2. The molecule has 0 aliphatic carbocycles. The Bertz CT molecular complexity index is 1930. The summed E-state index contributed by atoms with van der Waals surface area (Å²) in [6, 6.07) is 0. The van der Waals surface area contributed by atoms with Gasteiger partial charge in [-0.25, -0.2) is 9.13 Å². The maximum absolute atomic E-state index is 13.1. The molecule has 0 spiro atoms. The number of carbonyl (C=O) groups is 4. The number of ether oxygens (including phenoxy) is 4. The van der Waals surface area contributed by atoms with E-state index in [9.17, 15) is 43.2 Å². The molecule has 0 aliphatic rings. The van der Waals surface area contributed by atoms with Gasteiger partial charge in [-0.3, -0.25) is 37.3 Å². The highest BCUT2D eigenvalue weighted by Gasteiger charge is 2.30. The third-order valence-electron chi connectivity index (χ3n) is 16.6. The molecule has 0 aliphatic heterocycles. The van der Waals surface area contributed by atoms with E-state index in [1.54, 1.807) is 0 Å². The smallest absolute Gasteiger partial charge is 0.462 e. The Hall–Kier alpha value is -2.72. The number of phosphoric ester groups is 2. The Labute approximate surface area is 573 Å². The molecule has 17 nitrogen and oxygen atoms in total. The lowest BCUT2D eigenvalue weighted by molar-refractivity contribution is -0.161. The third kappa shape index (κ3) is 67.8. The van der Waals surface area contributed by atoms with E-state index >= 15 is 0 Å². The number of hydrogen-bond donors (Lipinski definition) is 3. The van der Waals surface area contributed by atoms with E-state index in [-0.39, 0.29) is 25.7 Å². The second kappa shape index (κ2) is 68.8. The number of rotatable bonds is 73. The zero-order valence-electron chi connectivity index (χ0n) is 60.2. The molecule has 0 amide bonds. The van der Waals surface area contributed by atoms with E-state index in [2.05, 4.69) is 64.2 Å². The number of hydrogen-bond acceptors (Lipinski definition) is 15. The molecule has 3 N–H and O–H groups in total. The Morgan fingerprint density at radius 1 is 0.287 bits per heavy atom. The molecule has 2 unspecified atom stereocenters. The van der Waals surface area contributed by atoms with Crippen molar-refractivity contribution in [1.29, 1.82) is 0 Å². The molecule has 0 radical (unpaired) electrons. The number of carbonyl (C=O) groups excluding carboxylic acids is 4. The molecule has 0 aromatic heterocycles. The number of aliphatic hydroxyl groups excluding tert-OH is 1. The van der Waals surface area contributed by atoms with Crippen LogP contribution in [0.4, 0.5) is 0 Å². The van der Waals surface area contributed by atoms with Gasteiger partial charge >= 0.3 is 39.5 Å². The SMILES string of the molecule is CCCCCC/C=C\CCCCCCCC(=O)OC[C@H](COP(=O)(O)OC[C@@H](O)COP(=O)(O)OC[C@@H](COC(=O)CCCCCCCCCCCCCCCCC)OC(=O)CCCCCCC/C=C\CCCCCC)OC(=O)CCCCCCC/C=C\CCCCCC. The lowest BCUT2D eigenvalue weighted by atomic mass is 10.0. The fourth-order valence-corrected chi connectivity index (χ4v) is 12.3. The van der Waals surface area contributed by atoms with Crippen LogP contribution < -0.4 is 0 Å². The first kappa shape index (κ1) is 91.3. The van der Waals surface area contributed by atoms with Crippen LogP contribution in [0.1, 0.15) is 362 Å². The van der Waals surface area contributed by atoms with Gasteiger partial charge in [-0.1, -0.05) is 270 Å². The van der Waals surface area contributed by atoms with E-state index in [4.69, 9.17) is 37.0 Å². The van der Waals surface area contributed by atoms with E-state index in [0.717, 1.165) is 135 Å². The zero-order valence-corrected chi connectivity index (χ0v) is 61.9. The summed E-state index contributed by atoms with van der Waals surface area (Å²) < 4.78 is 68.4. The minimum Gasteiger partial charge on any atom is -0.462 e. The Kier molecular flexibility index (Phi) is 66.8. The molecule has 0 aromatic rings. The van der Waals surface area contributed by atoms with Crippen LogP contribution in [0.15, 0.2) is 36.5 Å². The average Bonchev–Trinajstić information content (AvgIpc) is 2.45. The van der Waals surface area contributed by atoms with Gasteiger partial charge in [0.05, 0.1) is 26.4 Å². The van der Waals surface area contributed by atoms with Gasteiger partial charge in [0.15, 0.2) is 12.2 Å². The van der Waals surface area contributed by atoms with Crippen molar-refractivity contribution >= 4 is 39.5 Å². The van der Waals surface area contributed by atoms with Crippen LogP contribution in [0, 0.1) is 0 Å². The number of allylic oxidation sites excluding steroid dienone is 6. The van der Waals surface area contributed by atoms with Crippen molar-refractivity contribution < 1.29 is 80.2 Å². The van der Waals surface area contributed by atoms with Gasteiger partial charge in [0.2, 0.25) is 0 Å². The van der Waals surface area contributed by atoms with E-state index in [1.807, 2.05) is 0 Å². The number of aliphatic hydroxyl groups is 1. The highest BCUT2D eigenvalue weighted by atomic mass is 31.2. The molecule has 5 atom stereocenters. The molecule has 552 valence electrons.